The van der Waals surface area contributed by atoms with Crippen LogP contribution < -0.4 is 9.62 Å². The highest BCUT2D eigenvalue weighted by atomic mass is 32.2. The minimum absolute atomic E-state index is 0.0396. The fourth-order valence-corrected chi connectivity index (χ4v) is 8.73. The number of benzene rings is 2. The van der Waals surface area contributed by atoms with Crippen LogP contribution in [0.5, 0.6) is 0 Å². The Morgan fingerprint density at radius 2 is 1.48 bits per heavy atom. The maximum absolute atomic E-state index is 13.8. The Labute approximate surface area is 249 Å². The summed E-state index contributed by atoms with van der Waals surface area (Å²) >= 11 is 0. The number of hydrogen-bond acceptors (Lipinski definition) is 4. The maximum Gasteiger partial charge on any atom is 0.244 e. The van der Waals surface area contributed by atoms with Gasteiger partial charge in [0.25, 0.3) is 0 Å². The molecule has 0 saturated heterocycles. The molecule has 0 unspecified atom stereocenters. The Morgan fingerprint density at radius 3 is 1.98 bits per heavy atom. The predicted molar refractivity (Wildman–Crippen MR) is 163 cm³/mol. The van der Waals surface area contributed by atoms with Crippen LogP contribution in [0.3, 0.4) is 0 Å². The van der Waals surface area contributed by atoms with Crippen molar-refractivity contribution in [2.45, 2.75) is 77.3 Å². The highest BCUT2D eigenvalue weighted by molar-refractivity contribution is 7.92. The summed E-state index contributed by atoms with van der Waals surface area (Å²) in [5.41, 5.74) is 2.53. The Bertz CT molecular complexity index is 1360. The van der Waals surface area contributed by atoms with E-state index in [-0.39, 0.29) is 23.8 Å². The van der Waals surface area contributed by atoms with Gasteiger partial charge >= 0.3 is 0 Å². The van der Waals surface area contributed by atoms with E-state index in [1.165, 1.54) is 61.1 Å². The first-order chi connectivity index (χ1) is 19.8. The number of hydrogen-bond donors (Lipinski definition) is 1. The number of carbonyl (C=O) groups is 2. The molecule has 4 saturated carbocycles. The molecule has 0 aromatic heterocycles. The van der Waals surface area contributed by atoms with Crippen molar-refractivity contribution in [2.75, 3.05) is 23.7 Å². The molecule has 0 spiro atoms. The van der Waals surface area contributed by atoms with Crippen LogP contribution in [0.4, 0.5) is 10.1 Å². The van der Waals surface area contributed by atoms with Gasteiger partial charge in [-0.2, -0.15) is 0 Å². The molecule has 2 aromatic rings. The third-order valence-electron chi connectivity index (χ3n) is 9.60. The fraction of sp³-hybridized carbons (Fsp3) is 0.576. The summed E-state index contributed by atoms with van der Waals surface area (Å²) in [6.45, 7) is 5.63. The number of sulfonamides is 1. The summed E-state index contributed by atoms with van der Waals surface area (Å²) in [5.74, 6) is 1.38. The van der Waals surface area contributed by atoms with Crippen LogP contribution in [0, 0.1) is 29.5 Å². The smallest absolute Gasteiger partial charge is 0.244 e. The van der Waals surface area contributed by atoms with Crippen molar-refractivity contribution < 1.29 is 22.4 Å². The SMILES string of the molecule is CC(C)CNC(=O)[C@@H](C)N(Cc1ccc(F)cc1)C(=O)CN(c1ccc(C23CC4CC(CC(C4)C2)C3)cc1)S(C)(=O)=O. The molecule has 4 bridgehead atoms. The van der Waals surface area contributed by atoms with Crippen molar-refractivity contribution in [3.63, 3.8) is 0 Å². The number of anilines is 1. The lowest BCUT2D eigenvalue weighted by atomic mass is 9.48. The van der Waals surface area contributed by atoms with Crippen LogP contribution in [0.2, 0.25) is 0 Å². The topological polar surface area (TPSA) is 86.8 Å². The molecule has 42 heavy (non-hydrogen) atoms. The molecule has 4 aliphatic carbocycles. The van der Waals surface area contributed by atoms with E-state index in [4.69, 9.17) is 0 Å². The Kier molecular flexibility index (Phi) is 8.70. The van der Waals surface area contributed by atoms with E-state index < -0.39 is 34.3 Å². The third kappa shape index (κ3) is 6.66. The zero-order valence-electron chi connectivity index (χ0n) is 25.2. The molecule has 9 heteroatoms. The molecule has 0 radical (unpaired) electrons. The highest BCUT2D eigenvalue weighted by Crippen LogP contribution is 2.60. The summed E-state index contributed by atoms with van der Waals surface area (Å²) in [4.78, 5) is 28.2. The van der Waals surface area contributed by atoms with Gasteiger partial charge in [-0.25, -0.2) is 12.8 Å². The van der Waals surface area contributed by atoms with Gasteiger partial charge in [0.15, 0.2) is 0 Å². The van der Waals surface area contributed by atoms with E-state index >= 15 is 0 Å². The first-order valence-electron chi connectivity index (χ1n) is 15.2. The quantitative estimate of drug-likeness (QED) is 0.384. The molecule has 1 N–H and O–H groups in total. The van der Waals surface area contributed by atoms with Crippen molar-refractivity contribution in [1.29, 1.82) is 0 Å². The number of carbonyl (C=O) groups excluding carboxylic acids is 2. The van der Waals surface area contributed by atoms with Crippen molar-refractivity contribution in [3.8, 4) is 0 Å². The molecule has 4 aliphatic rings. The molecule has 228 valence electrons. The monoisotopic (exact) mass is 597 g/mol. The first kappa shape index (κ1) is 30.5. The second kappa shape index (κ2) is 12.0. The Balaban J connectivity index is 1.37. The normalized spacial score (nSPS) is 25.3. The molecule has 7 nitrogen and oxygen atoms in total. The van der Waals surface area contributed by atoms with E-state index in [1.54, 1.807) is 19.1 Å². The number of amides is 2. The van der Waals surface area contributed by atoms with Gasteiger partial charge in [-0.1, -0.05) is 38.1 Å². The number of nitrogens with one attached hydrogen (secondary N) is 1. The van der Waals surface area contributed by atoms with Crippen LogP contribution in [-0.4, -0.2) is 50.5 Å². The fourth-order valence-electron chi connectivity index (χ4n) is 7.88. The van der Waals surface area contributed by atoms with E-state index in [0.717, 1.165) is 28.3 Å². The van der Waals surface area contributed by atoms with Crippen molar-refractivity contribution >= 4 is 27.5 Å². The van der Waals surface area contributed by atoms with Gasteiger partial charge in [0, 0.05) is 13.1 Å². The predicted octanol–water partition coefficient (Wildman–Crippen LogP) is 5.25. The highest BCUT2D eigenvalue weighted by Gasteiger charge is 2.51. The summed E-state index contributed by atoms with van der Waals surface area (Å²) in [6, 6.07) is 12.6. The van der Waals surface area contributed by atoms with Gasteiger partial charge in [0.05, 0.1) is 11.9 Å². The first-order valence-corrected chi connectivity index (χ1v) is 17.1. The second-order valence-electron chi connectivity index (χ2n) is 13.5. The van der Waals surface area contributed by atoms with Gasteiger partial charge < -0.3 is 10.2 Å². The van der Waals surface area contributed by atoms with Crippen LogP contribution in [0.25, 0.3) is 0 Å². The molecule has 0 heterocycles. The summed E-state index contributed by atoms with van der Waals surface area (Å²) < 4.78 is 40.7. The average molecular weight is 598 g/mol. The van der Waals surface area contributed by atoms with Crippen molar-refractivity contribution in [2.24, 2.45) is 23.7 Å². The minimum atomic E-state index is -3.81. The van der Waals surface area contributed by atoms with Gasteiger partial charge in [0.1, 0.15) is 18.4 Å². The van der Waals surface area contributed by atoms with Crippen LogP contribution >= 0.6 is 0 Å². The molecular formula is C33H44FN3O4S. The average Bonchev–Trinajstić information content (AvgIpc) is 2.92. The summed E-state index contributed by atoms with van der Waals surface area (Å²) in [6.07, 6.45) is 8.78. The van der Waals surface area contributed by atoms with E-state index in [2.05, 4.69) is 17.4 Å². The van der Waals surface area contributed by atoms with E-state index in [0.29, 0.717) is 17.8 Å². The Hall–Kier alpha value is -2.94. The number of nitrogens with zero attached hydrogens (tertiary/aromatic N) is 2. The summed E-state index contributed by atoms with van der Waals surface area (Å²) in [7, 11) is -3.81. The van der Waals surface area contributed by atoms with Gasteiger partial charge in [-0.15, -0.1) is 0 Å². The third-order valence-corrected chi connectivity index (χ3v) is 10.7. The second-order valence-corrected chi connectivity index (χ2v) is 15.4. The van der Waals surface area contributed by atoms with Gasteiger partial charge in [-0.05, 0) is 110 Å². The molecule has 2 amide bonds. The van der Waals surface area contributed by atoms with Crippen LogP contribution in [-0.2, 0) is 31.6 Å². The molecule has 2 aromatic carbocycles. The standard InChI is InChI=1S/C33H44FN3O4S/c1-22(2)19-35-32(39)23(3)36(20-24-5-9-29(34)10-6-24)31(38)21-37(42(4,40)41)30-11-7-28(8-12-30)33-16-25-13-26(17-33)15-27(14-25)18-33/h5-12,22-23,25-27H,13-21H2,1-4H3,(H,35,39)/t23-,25?,26?,27?,33?/m1/s1. The molecule has 4 fully saturated rings. The Morgan fingerprint density at radius 1 is 0.929 bits per heavy atom. The molecule has 1 atom stereocenters. The number of halogens is 1. The molecular weight excluding hydrogens is 553 g/mol. The molecule has 6 rings (SSSR count). The van der Waals surface area contributed by atoms with Crippen LogP contribution in [0.1, 0.15) is 70.4 Å². The van der Waals surface area contributed by atoms with E-state index in [9.17, 15) is 22.4 Å². The summed E-state index contributed by atoms with van der Waals surface area (Å²) in [5, 5.41) is 2.86. The number of rotatable bonds is 11. The lowest BCUT2D eigenvalue weighted by molar-refractivity contribution is -0.139. The van der Waals surface area contributed by atoms with Gasteiger partial charge in [-0.3, -0.25) is 13.9 Å². The minimum Gasteiger partial charge on any atom is -0.354 e. The van der Waals surface area contributed by atoms with Gasteiger partial charge in [0.2, 0.25) is 21.8 Å². The lowest BCUT2D eigenvalue weighted by Crippen LogP contribution is -2.51. The van der Waals surface area contributed by atoms with Crippen LogP contribution in [0.15, 0.2) is 48.5 Å². The molecule has 0 aliphatic heterocycles. The zero-order valence-corrected chi connectivity index (χ0v) is 26.0. The van der Waals surface area contributed by atoms with Crippen molar-refractivity contribution in [3.05, 3.63) is 65.5 Å². The van der Waals surface area contributed by atoms with E-state index in [1.807, 2.05) is 26.0 Å². The largest absolute Gasteiger partial charge is 0.354 e. The lowest BCUT2D eigenvalue weighted by Gasteiger charge is -2.57. The van der Waals surface area contributed by atoms with Crippen molar-refractivity contribution in [1.82, 2.24) is 10.2 Å². The maximum atomic E-state index is 13.8. The zero-order chi connectivity index (χ0) is 30.2.